The summed E-state index contributed by atoms with van der Waals surface area (Å²) in [4.78, 5) is 11.9. The number of para-hydroxylation sites is 1. The van der Waals surface area contributed by atoms with E-state index in [2.05, 4.69) is 31.9 Å². The Hall–Kier alpha value is -1.38. The molecular weight excluding hydrogens is 448 g/mol. The molecule has 2 aromatic rings. The first-order valence-corrected chi connectivity index (χ1v) is 9.71. The van der Waals surface area contributed by atoms with E-state index >= 15 is 0 Å². The van der Waals surface area contributed by atoms with Crippen molar-refractivity contribution in [2.75, 3.05) is 4.31 Å². The third-order valence-electron chi connectivity index (χ3n) is 3.68. The summed E-state index contributed by atoms with van der Waals surface area (Å²) in [7, 11) is -3.94. The Kier molecular flexibility index (Phi) is 4.24. The van der Waals surface area contributed by atoms with Crippen molar-refractivity contribution in [1.29, 1.82) is 0 Å². The lowest BCUT2D eigenvalue weighted by atomic mass is 10.1. The number of hydrogen-bond acceptors (Lipinski definition) is 3. The molecule has 1 amide bonds. The zero-order valence-electron chi connectivity index (χ0n) is 11.7. The minimum absolute atomic E-state index is 0.0785. The molecule has 1 aliphatic rings. The average molecular weight is 460 g/mol. The molecule has 1 aliphatic heterocycles. The topological polar surface area (TPSA) is 80.5 Å². The van der Waals surface area contributed by atoms with Gasteiger partial charge in [-0.3, -0.25) is 9.10 Å². The molecule has 0 bridgehead atoms. The molecule has 0 saturated carbocycles. The average Bonchev–Trinajstić information content (AvgIpc) is 2.90. The number of anilines is 1. The Bertz CT molecular complexity index is 899. The molecule has 8 heteroatoms. The van der Waals surface area contributed by atoms with E-state index in [0.29, 0.717) is 14.6 Å². The Balaban J connectivity index is 2.21. The predicted octanol–water partition coefficient (Wildman–Crippen LogP) is 2.82. The second-order valence-electron chi connectivity index (χ2n) is 5.13. The Labute approximate surface area is 150 Å². The normalized spacial score (nSPS) is 17.1. The van der Waals surface area contributed by atoms with E-state index < -0.39 is 22.0 Å². The molecule has 120 valence electrons. The molecule has 0 fully saturated rings. The standard InChI is InChI=1S/C15H12Br2N2O3S/c16-10-5-6-11(17)14(8-10)23(21,22)19-12-4-2-1-3-9(12)7-13(19)15(18)20/h1-6,8,13H,7H2,(H2,18,20)/t13-/m0/s1. The first-order valence-electron chi connectivity index (χ1n) is 6.69. The molecule has 23 heavy (non-hydrogen) atoms. The predicted molar refractivity (Wildman–Crippen MR) is 94.6 cm³/mol. The minimum Gasteiger partial charge on any atom is -0.368 e. The largest absolute Gasteiger partial charge is 0.368 e. The zero-order chi connectivity index (χ0) is 16.8. The third kappa shape index (κ3) is 2.79. The molecule has 0 radical (unpaired) electrons. The summed E-state index contributed by atoms with van der Waals surface area (Å²) in [6, 6.07) is 11.0. The van der Waals surface area contributed by atoms with Gasteiger partial charge in [0, 0.05) is 15.4 Å². The summed E-state index contributed by atoms with van der Waals surface area (Å²) < 4.78 is 28.5. The number of hydrogen-bond donors (Lipinski definition) is 1. The highest BCUT2D eigenvalue weighted by Gasteiger charge is 2.41. The quantitative estimate of drug-likeness (QED) is 0.766. The van der Waals surface area contributed by atoms with Crippen LogP contribution in [0.1, 0.15) is 5.56 Å². The van der Waals surface area contributed by atoms with Gasteiger partial charge in [0.2, 0.25) is 5.91 Å². The van der Waals surface area contributed by atoms with Crippen molar-refractivity contribution in [2.24, 2.45) is 5.73 Å². The van der Waals surface area contributed by atoms with Crippen LogP contribution in [0, 0.1) is 0 Å². The van der Waals surface area contributed by atoms with Gasteiger partial charge in [-0.1, -0.05) is 34.1 Å². The van der Waals surface area contributed by atoms with Gasteiger partial charge in [0.15, 0.2) is 0 Å². The molecule has 1 atom stereocenters. The fourth-order valence-electron chi connectivity index (χ4n) is 2.65. The molecule has 0 saturated heterocycles. The highest BCUT2D eigenvalue weighted by Crippen LogP contribution is 2.38. The number of halogens is 2. The molecule has 3 rings (SSSR count). The van der Waals surface area contributed by atoms with Crippen LogP contribution in [-0.2, 0) is 21.2 Å². The van der Waals surface area contributed by atoms with Crippen molar-refractivity contribution in [2.45, 2.75) is 17.4 Å². The molecular formula is C15H12Br2N2O3S. The van der Waals surface area contributed by atoms with Gasteiger partial charge in [0.05, 0.1) is 5.69 Å². The van der Waals surface area contributed by atoms with Gasteiger partial charge in [-0.05, 0) is 45.8 Å². The lowest BCUT2D eigenvalue weighted by molar-refractivity contribution is -0.118. The van der Waals surface area contributed by atoms with E-state index in [1.165, 1.54) is 6.07 Å². The maximum atomic E-state index is 13.2. The van der Waals surface area contributed by atoms with Crippen LogP contribution in [0.2, 0.25) is 0 Å². The Morgan fingerprint density at radius 3 is 2.57 bits per heavy atom. The van der Waals surface area contributed by atoms with Crippen molar-refractivity contribution < 1.29 is 13.2 Å². The zero-order valence-corrected chi connectivity index (χ0v) is 15.7. The first-order chi connectivity index (χ1) is 10.8. The van der Waals surface area contributed by atoms with Crippen LogP contribution in [0.3, 0.4) is 0 Å². The van der Waals surface area contributed by atoms with Crippen LogP contribution >= 0.6 is 31.9 Å². The lowest BCUT2D eigenvalue weighted by Crippen LogP contribution is -2.46. The maximum absolute atomic E-state index is 13.2. The SMILES string of the molecule is NC(=O)[C@@H]1Cc2ccccc2N1S(=O)(=O)c1cc(Br)ccc1Br. The number of sulfonamides is 1. The van der Waals surface area contributed by atoms with Crippen LogP contribution in [0.4, 0.5) is 5.69 Å². The molecule has 1 heterocycles. The van der Waals surface area contributed by atoms with Crippen molar-refractivity contribution >= 4 is 53.5 Å². The van der Waals surface area contributed by atoms with Crippen LogP contribution in [0.25, 0.3) is 0 Å². The summed E-state index contributed by atoms with van der Waals surface area (Å²) in [6.45, 7) is 0. The Morgan fingerprint density at radius 2 is 1.87 bits per heavy atom. The summed E-state index contributed by atoms with van der Waals surface area (Å²) in [5, 5.41) is 0. The number of carbonyl (C=O) groups is 1. The molecule has 0 unspecified atom stereocenters. The van der Waals surface area contributed by atoms with Gasteiger partial charge < -0.3 is 5.73 Å². The minimum atomic E-state index is -3.94. The number of benzene rings is 2. The smallest absolute Gasteiger partial charge is 0.266 e. The van der Waals surface area contributed by atoms with Gasteiger partial charge in [0.25, 0.3) is 10.0 Å². The van der Waals surface area contributed by atoms with Gasteiger partial charge in [-0.2, -0.15) is 0 Å². The van der Waals surface area contributed by atoms with E-state index in [1.807, 2.05) is 6.07 Å². The highest BCUT2D eigenvalue weighted by molar-refractivity contribution is 9.11. The number of rotatable bonds is 3. The third-order valence-corrected chi connectivity index (χ3v) is 6.99. The summed E-state index contributed by atoms with van der Waals surface area (Å²) in [6.07, 6.45) is 0.274. The van der Waals surface area contributed by atoms with Crippen LogP contribution in [0.5, 0.6) is 0 Å². The van der Waals surface area contributed by atoms with Crippen LogP contribution in [0.15, 0.2) is 56.3 Å². The first kappa shape index (κ1) is 16.5. The number of nitrogens with two attached hydrogens (primary N) is 1. The van der Waals surface area contributed by atoms with Crippen molar-refractivity contribution in [3.63, 3.8) is 0 Å². The van der Waals surface area contributed by atoms with Gasteiger partial charge in [-0.15, -0.1) is 0 Å². The second kappa shape index (κ2) is 5.92. The van der Waals surface area contributed by atoms with E-state index in [-0.39, 0.29) is 11.3 Å². The number of primary amides is 1. The summed E-state index contributed by atoms with van der Waals surface area (Å²) in [5.41, 5.74) is 6.72. The monoisotopic (exact) mass is 458 g/mol. The van der Waals surface area contributed by atoms with Crippen LogP contribution in [-0.4, -0.2) is 20.4 Å². The lowest BCUT2D eigenvalue weighted by Gasteiger charge is -2.25. The van der Waals surface area contributed by atoms with E-state index in [4.69, 9.17) is 5.73 Å². The fraction of sp³-hybridized carbons (Fsp3) is 0.133. The fourth-order valence-corrected chi connectivity index (χ4v) is 5.78. The summed E-state index contributed by atoms with van der Waals surface area (Å²) in [5.74, 6) is -0.670. The Morgan fingerprint density at radius 1 is 1.17 bits per heavy atom. The van der Waals surface area contributed by atoms with Crippen molar-refractivity contribution in [1.82, 2.24) is 0 Å². The van der Waals surface area contributed by atoms with E-state index in [1.54, 1.807) is 30.3 Å². The molecule has 2 aromatic carbocycles. The number of carbonyl (C=O) groups excluding carboxylic acids is 1. The number of fused-ring (bicyclic) bond motifs is 1. The van der Waals surface area contributed by atoms with Crippen molar-refractivity contribution in [3.05, 3.63) is 57.0 Å². The number of nitrogens with zero attached hydrogens (tertiary/aromatic N) is 1. The highest BCUT2D eigenvalue weighted by atomic mass is 79.9. The van der Waals surface area contributed by atoms with Gasteiger partial charge in [0.1, 0.15) is 10.9 Å². The molecule has 0 aliphatic carbocycles. The molecule has 0 aromatic heterocycles. The van der Waals surface area contributed by atoms with E-state index in [0.717, 1.165) is 9.87 Å². The van der Waals surface area contributed by atoms with Gasteiger partial charge in [-0.25, -0.2) is 8.42 Å². The van der Waals surface area contributed by atoms with Crippen molar-refractivity contribution in [3.8, 4) is 0 Å². The summed E-state index contributed by atoms with van der Waals surface area (Å²) >= 11 is 6.55. The maximum Gasteiger partial charge on any atom is 0.266 e. The van der Waals surface area contributed by atoms with E-state index in [9.17, 15) is 13.2 Å². The molecule has 5 nitrogen and oxygen atoms in total. The molecule has 0 spiro atoms. The van der Waals surface area contributed by atoms with Gasteiger partial charge >= 0.3 is 0 Å². The number of amides is 1. The second-order valence-corrected chi connectivity index (χ2v) is 8.68. The molecule has 2 N–H and O–H groups in total. The van der Waals surface area contributed by atoms with Crippen LogP contribution < -0.4 is 10.0 Å².